The topological polar surface area (TPSA) is 64.6 Å². The highest BCUT2D eigenvalue weighted by molar-refractivity contribution is 7.92. The molecule has 0 aliphatic heterocycles. The van der Waals surface area contributed by atoms with Gasteiger partial charge in [-0.25, -0.2) is 17.2 Å². The predicted octanol–water partition coefficient (Wildman–Crippen LogP) is 5.89. The van der Waals surface area contributed by atoms with Crippen LogP contribution in [0.1, 0.15) is 11.1 Å². The fourth-order valence-electron chi connectivity index (χ4n) is 2.66. The van der Waals surface area contributed by atoms with Crippen LogP contribution in [-0.4, -0.2) is 15.5 Å². The Hall–Kier alpha value is -3.34. The Bertz CT molecular complexity index is 1220. The molecule has 11 heteroatoms. The van der Waals surface area contributed by atoms with Gasteiger partial charge in [-0.2, -0.15) is 13.2 Å². The molecule has 0 heterocycles. The van der Waals surface area contributed by atoms with Crippen LogP contribution < -0.4 is 14.2 Å². The first-order chi connectivity index (χ1) is 14.9. The second-order valence-electron chi connectivity index (χ2n) is 6.65. The molecule has 32 heavy (non-hydrogen) atoms. The van der Waals surface area contributed by atoms with Crippen molar-refractivity contribution >= 4 is 15.7 Å². The summed E-state index contributed by atoms with van der Waals surface area (Å²) in [6, 6.07) is 9.69. The van der Waals surface area contributed by atoms with E-state index in [0.29, 0.717) is 0 Å². The van der Waals surface area contributed by atoms with Gasteiger partial charge < -0.3 is 9.47 Å². The average molecular weight is 473 g/mol. The monoisotopic (exact) mass is 473 g/mol. The van der Waals surface area contributed by atoms with Gasteiger partial charge in [0.2, 0.25) is 0 Å². The van der Waals surface area contributed by atoms with E-state index in [1.807, 2.05) is 0 Å². The third kappa shape index (κ3) is 5.10. The van der Waals surface area contributed by atoms with Crippen molar-refractivity contribution in [3.8, 4) is 17.2 Å². The van der Waals surface area contributed by atoms with Crippen LogP contribution in [0.3, 0.4) is 0 Å². The molecule has 0 aliphatic carbocycles. The minimum atomic E-state index is -4.96. The molecule has 3 aromatic rings. The van der Waals surface area contributed by atoms with Crippen molar-refractivity contribution < 1.29 is 39.8 Å². The summed E-state index contributed by atoms with van der Waals surface area (Å²) in [7, 11) is -2.83. The summed E-state index contributed by atoms with van der Waals surface area (Å²) in [4.78, 5) is -0.0937. The van der Waals surface area contributed by atoms with Crippen LogP contribution in [0.25, 0.3) is 0 Å². The van der Waals surface area contributed by atoms with Gasteiger partial charge in [0.05, 0.1) is 23.3 Å². The molecule has 0 saturated heterocycles. The van der Waals surface area contributed by atoms with Gasteiger partial charge in [0, 0.05) is 6.07 Å². The van der Waals surface area contributed by atoms with Crippen LogP contribution in [-0.2, 0) is 16.2 Å². The van der Waals surface area contributed by atoms with Gasteiger partial charge in [-0.3, -0.25) is 4.72 Å². The molecule has 0 saturated carbocycles. The highest BCUT2D eigenvalue weighted by atomic mass is 32.2. The first-order valence-electron chi connectivity index (χ1n) is 8.92. The lowest BCUT2D eigenvalue weighted by molar-refractivity contribution is -0.138. The van der Waals surface area contributed by atoms with E-state index < -0.39 is 39.1 Å². The van der Waals surface area contributed by atoms with Crippen LogP contribution in [0.15, 0.2) is 59.5 Å². The number of ether oxygens (including phenoxy) is 2. The van der Waals surface area contributed by atoms with Crippen molar-refractivity contribution in [1.29, 1.82) is 0 Å². The summed E-state index contributed by atoms with van der Waals surface area (Å²) in [6.07, 6.45) is -4.96. The van der Waals surface area contributed by atoms with Crippen molar-refractivity contribution in [3.63, 3.8) is 0 Å². The third-order valence-corrected chi connectivity index (χ3v) is 5.68. The standard InChI is InChI=1S/C21H16F5NO4S/c1-12-3-6-15(7-4-12)32(28,29)27-18-11-14(30-2)5-8-19(18)31-20-16(22)9-13(10-17(20)23)21(24,25)26/h3-11,27H,1-2H3. The lowest BCUT2D eigenvalue weighted by Gasteiger charge is -2.16. The molecule has 0 unspecified atom stereocenters. The molecule has 3 aromatic carbocycles. The zero-order valence-corrected chi connectivity index (χ0v) is 17.4. The minimum absolute atomic E-state index is 0.0814. The molecule has 170 valence electrons. The van der Waals surface area contributed by atoms with E-state index in [1.165, 1.54) is 31.4 Å². The van der Waals surface area contributed by atoms with E-state index in [-0.39, 0.29) is 34.2 Å². The number of benzene rings is 3. The van der Waals surface area contributed by atoms with Gasteiger partial charge in [0.25, 0.3) is 10.0 Å². The molecule has 0 aromatic heterocycles. The first-order valence-corrected chi connectivity index (χ1v) is 10.4. The van der Waals surface area contributed by atoms with E-state index in [4.69, 9.17) is 9.47 Å². The fourth-order valence-corrected chi connectivity index (χ4v) is 3.72. The quantitative estimate of drug-likeness (QED) is 0.453. The number of aryl methyl sites for hydroxylation is 1. The molecule has 0 bridgehead atoms. The van der Waals surface area contributed by atoms with Crippen molar-refractivity contribution in [2.45, 2.75) is 18.0 Å². The van der Waals surface area contributed by atoms with Crippen LogP contribution >= 0.6 is 0 Å². The highest BCUT2D eigenvalue weighted by Crippen LogP contribution is 2.39. The van der Waals surface area contributed by atoms with E-state index in [2.05, 4.69) is 4.72 Å². The van der Waals surface area contributed by atoms with Gasteiger partial charge >= 0.3 is 6.18 Å². The lowest BCUT2D eigenvalue weighted by atomic mass is 10.2. The van der Waals surface area contributed by atoms with Crippen molar-refractivity contribution in [2.24, 2.45) is 0 Å². The third-order valence-electron chi connectivity index (χ3n) is 4.30. The number of nitrogens with one attached hydrogen (secondary N) is 1. The summed E-state index contributed by atoms with van der Waals surface area (Å²) in [6.45, 7) is 1.77. The Morgan fingerprint density at radius 1 is 0.906 bits per heavy atom. The second kappa shape index (κ2) is 8.65. The molecule has 0 spiro atoms. The van der Waals surface area contributed by atoms with Crippen molar-refractivity contribution in [3.05, 3.63) is 77.4 Å². The molecule has 0 amide bonds. The van der Waals surface area contributed by atoms with Gasteiger partial charge in [-0.1, -0.05) is 17.7 Å². The maximum Gasteiger partial charge on any atom is 0.416 e. The maximum absolute atomic E-state index is 14.2. The smallest absolute Gasteiger partial charge is 0.416 e. The summed E-state index contributed by atoms with van der Waals surface area (Å²) in [5.74, 6) is -4.52. The molecular weight excluding hydrogens is 457 g/mol. The SMILES string of the molecule is COc1ccc(Oc2c(F)cc(C(F)(F)F)cc2F)c(NS(=O)(=O)c2ccc(C)cc2)c1. The van der Waals surface area contributed by atoms with Crippen LogP contribution in [0.4, 0.5) is 27.6 Å². The van der Waals surface area contributed by atoms with Crippen molar-refractivity contribution in [2.75, 3.05) is 11.8 Å². The van der Waals surface area contributed by atoms with Gasteiger partial charge in [-0.15, -0.1) is 0 Å². The second-order valence-corrected chi connectivity index (χ2v) is 8.33. The van der Waals surface area contributed by atoms with E-state index in [9.17, 15) is 30.4 Å². The number of sulfonamides is 1. The molecule has 0 radical (unpaired) electrons. The summed E-state index contributed by atoms with van der Waals surface area (Å²) < 4.78 is 105. The molecule has 0 aliphatic rings. The van der Waals surface area contributed by atoms with Crippen LogP contribution in [0, 0.1) is 18.6 Å². The minimum Gasteiger partial charge on any atom is -0.497 e. The molecule has 1 N–H and O–H groups in total. The Balaban J connectivity index is 2.01. The Kier molecular flexibility index (Phi) is 6.31. The molecule has 0 atom stereocenters. The van der Waals surface area contributed by atoms with Crippen LogP contribution in [0.5, 0.6) is 17.2 Å². The normalized spacial score (nSPS) is 11.8. The predicted molar refractivity (Wildman–Crippen MR) is 106 cm³/mol. The largest absolute Gasteiger partial charge is 0.497 e. The molecule has 5 nitrogen and oxygen atoms in total. The average Bonchev–Trinajstić information content (AvgIpc) is 2.70. The van der Waals surface area contributed by atoms with Crippen molar-refractivity contribution in [1.82, 2.24) is 0 Å². The van der Waals surface area contributed by atoms with Crippen LogP contribution in [0.2, 0.25) is 0 Å². The fraction of sp³-hybridized carbons (Fsp3) is 0.143. The lowest BCUT2D eigenvalue weighted by Crippen LogP contribution is -2.14. The number of anilines is 1. The number of methoxy groups -OCH3 is 1. The number of hydrogen-bond donors (Lipinski definition) is 1. The Morgan fingerprint density at radius 2 is 1.50 bits per heavy atom. The summed E-state index contributed by atoms with van der Waals surface area (Å²) >= 11 is 0. The molecular formula is C21H16F5NO4S. The molecule has 3 rings (SSSR count). The van der Waals surface area contributed by atoms with E-state index in [1.54, 1.807) is 19.1 Å². The Labute approximate surface area is 180 Å². The highest BCUT2D eigenvalue weighted by Gasteiger charge is 2.33. The first kappa shape index (κ1) is 23.3. The summed E-state index contributed by atoms with van der Waals surface area (Å²) in [5.41, 5.74) is -0.957. The molecule has 0 fully saturated rings. The number of rotatable bonds is 6. The van der Waals surface area contributed by atoms with Gasteiger partial charge in [-0.05, 0) is 43.3 Å². The maximum atomic E-state index is 14.2. The zero-order valence-electron chi connectivity index (χ0n) is 16.6. The Morgan fingerprint density at radius 3 is 2.03 bits per heavy atom. The number of halogens is 5. The van der Waals surface area contributed by atoms with E-state index >= 15 is 0 Å². The van der Waals surface area contributed by atoms with Gasteiger partial charge in [0.1, 0.15) is 5.75 Å². The number of alkyl halides is 3. The number of hydrogen-bond acceptors (Lipinski definition) is 4. The zero-order chi connectivity index (χ0) is 23.7. The van der Waals surface area contributed by atoms with E-state index in [0.717, 1.165) is 11.6 Å². The summed E-state index contributed by atoms with van der Waals surface area (Å²) in [5, 5.41) is 0. The van der Waals surface area contributed by atoms with Gasteiger partial charge in [0.15, 0.2) is 23.1 Å².